The maximum atomic E-state index is 12.7. The average Bonchev–Trinajstić information content (AvgIpc) is 2.71. The van der Waals surface area contributed by atoms with Gasteiger partial charge in [0.05, 0.1) is 9.79 Å². The smallest absolute Gasteiger partial charge is 0.328 e. The highest BCUT2D eigenvalue weighted by molar-refractivity contribution is 7.91. The first kappa shape index (κ1) is 23.0. The molecule has 2 amide bonds. The number of anilines is 2. The summed E-state index contributed by atoms with van der Waals surface area (Å²) in [5.74, 6) is -3.93. The molecule has 0 aromatic heterocycles. The van der Waals surface area contributed by atoms with Crippen LogP contribution < -0.4 is 10.6 Å². The molecule has 0 bridgehead atoms. The summed E-state index contributed by atoms with van der Waals surface area (Å²) in [5, 5.41) is 21.8. The number of carbonyl (C=O) groups is 4. The van der Waals surface area contributed by atoms with E-state index in [4.69, 9.17) is 10.2 Å². The second-order valence-corrected chi connectivity index (χ2v) is 7.82. The van der Waals surface area contributed by atoms with Gasteiger partial charge >= 0.3 is 11.9 Å². The van der Waals surface area contributed by atoms with Crippen LogP contribution in [-0.4, -0.2) is 42.4 Å². The maximum Gasteiger partial charge on any atom is 0.328 e. The number of hydrogen-bond donors (Lipinski definition) is 4. The van der Waals surface area contributed by atoms with Gasteiger partial charge in [-0.05, 0) is 48.5 Å². The second-order valence-electron chi connectivity index (χ2n) is 5.87. The molecule has 0 unspecified atom stereocenters. The Morgan fingerprint density at radius 2 is 0.935 bits per heavy atom. The monoisotopic (exact) mass is 444 g/mol. The molecule has 4 N–H and O–H groups in total. The van der Waals surface area contributed by atoms with Crippen molar-refractivity contribution in [2.75, 3.05) is 10.6 Å². The molecule has 31 heavy (non-hydrogen) atoms. The predicted molar refractivity (Wildman–Crippen MR) is 109 cm³/mol. The topological polar surface area (TPSA) is 167 Å². The molecule has 0 aliphatic rings. The van der Waals surface area contributed by atoms with Crippen molar-refractivity contribution in [3.8, 4) is 0 Å². The molecule has 0 saturated heterocycles. The number of nitrogens with one attached hydrogen (secondary N) is 2. The van der Waals surface area contributed by atoms with Crippen LogP contribution in [0.15, 0.2) is 82.6 Å². The lowest BCUT2D eigenvalue weighted by molar-refractivity contribution is -0.132. The quantitative estimate of drug-likeness (QED) is 0.446. The molecular formula is C20H16N2O8S. The Hall–Kier alpha value is -4.25. The number of rotatable bonds is 8. The number of amides is 2. The van der Waals surface area contributed by atoms with Crippen LogP contribution >= 0.6 is 0 Å². The zero-order valence-electron chi connectivity index (χ0n) is 15.7. The summed E-state index contributed by atoms with van der Waals surface area (Å²) in [4.78, 5) is 43.8. The third-order valence-electron chi connectivity index (χ3n) is 3.62. The Labute approximate surface area is 176 Å². The summed E-state index contributed by atoms with van der Waals surface area (Å²) < 4.78 is 25.5. The molecule has 0 saturated carbocycles. The Kier molecular flexibility index (Phi) is 7.42. The molecule has 0 atom stereocenters. The van der Waals surface area contributed by atoms with Crippen molar-refractivity contribution in [1.82, 2.24) is 0 Å². The van der Waals surface area contributed by atoms with E-state index in [-0.39, 0.29) is 21.2 Å². The van der Waals surface area contributed by atoms with E-state index in [2.05, 4.69) is 10.6 Å². The molecule has 2 rings (SSSR count). The van der Waals surface area contributed by atoms with Crippen LogP contribution in [0.4, 0.5) is 11.4 Å². The van der Waals surface area contributed by atoms with E-state index < -0.39 is 33.6 Å². The maximum absolute atomic E-state index is 12.7. The van der Waals surface area contributed by atoms with Crippen LogP contribution in [0.3, 0.4) is 0 Å². The van der Waals surface area contributed by atoms with Crippen molar-refractivity contribution < 1.29 is 37.8 Å². The number of carboxylic acids is 2. The van der Waals surface area contributed by atoms with Crippen molar-refractivity contribution in [1.29, 1.82) is 0 Å². The minimum atomic E-state index is -3.88. The van der Waals surface area contributed by atoms with Gasteiger partial charge in [0.2, 0.25) is 21.7 Å². The van der Waals surface area contributed by atoms with E-state index in [1.54, 1.807) is 0 Å². The molecule has 0 spiro atoms. The van der Waals surface area contributed by atoms with Crippen LogP contribution in [0.25, 0.3) is 0 Å². The molecule has 0 fully saturated rings. The molecule has 11 heteroatoms. The minimum Gasteiger partial charge on any atom is -0.478 e. The normalized spacial score (nSPS) is 11.4. The highest BCUT2D eigenvalue weighted by Gasteiger charge is 2.17. The lowest BCUT2D eigenvalue weighted by Gasteiger charge is -2.08. The second kappa shape index (κ2) is 9.98. The van der Waals surface area contributed by atoms with E-state index in [1.165, 1.54) is 48.5 Å². The van der Waals surface area contributed by atoms with Gasteiger partial charge in [-0.3, -0.25) is 9.59 Å². The number of benzene rings is 2. The summed E-state index contributed by atoms with van der Waals surface area (Å²) in [7, 11) is -3.88. The van der Waals surface area contributed by atoms with Crippen LogP contribution in [0.1, 0.15) is 0 Å². The summed E-state index contributed by atoms with van der Waals surface area (Å²) in [6, 6.07) is 10.5. The summed E-state index contributed by atoms with van der Waals surface area (Å²) in [5.41, 5.74) is 0.540. The number of carbonyl (C=O) groups excluding carboxylic acids is 2. The first-order chi connectivity index (χ1) is 14.6. The number of sulfone groups is 1. The van der Waals surface area contributed by atoms with Gasteiger partial charge in [-0.2, -0.15) is 0 Å². The van der Waals surface area contributed by atoms with Crippen LogP contribution in [0, 0.1) is 0 Å². The lowest BCUT2D eigenvalue weighted by Crippen LogP contribution is -2.09. The first-order valence-corrected chi connectivity index (χ1v) is 9.95. The number of carboxylic acid groups (broad SMARTS) is 2. The summed E-state index contributed by atoms with van der Waals surface area (Å²) in [6.45, 7) is 0. The molecule has 2 aromatic rings. The van der Waals surface area contributed by atoms with Crippen molar-refractivity contribution in [3.63, 3.8) is 0 Å². The predicted octanol–water partition coefficient (Wildman–Crippen LogP) is 1.68. The van der Waals surface area contributed by atoms with Crippen LogP contribution in [0.5, 0.6) is 0 Å². The third-order valence-corrected chi connectivity index (χ3v) is 5.40. The molecule has 10 nitrogen and oxygen atoms in total. The summed E-state index contributed by atoms with van der Waals surface area (Å²) in [6.07, 6.45) is 2.99. The third kappa shape index (κ3) is 6.94. The van der Waals surface area contributed by atoms with Crippen LogP contribution in [-0.2, 0) is 29.0 Å². The zero-order chi connectivity index (χ0) is 23.0. The Bertz CT molecular complexity index is 1080. The first-order valence-electron chi connectivity index (χ1n) is 8.47. The highest BCUT2D eigenvalue weighted by atomic mass is 32.2. The molecular weight excluding hydrogens is 428 g/mol. The van der Waals surface area contributed by atoms with E-state index in [0.717, 1.165) is 12.2 Å². The van der Waals surface area contributed by atoms with Gasteiger partial charge in [0.25, 0.3) is 0 Å². The molecule has 0 aliphatic carbocycles. The van der Waals surface area contributed by atoms with Crippen molar-refractivity contribution in [3.05, 3.63) is 72.8 Å². The minimum absolute atomic E-state index is 0.0484. The fourth-order valence-electron chi connectivity index (χ4n) is 2.23. The van der Waals surface area contributed by atoms with Crippen molar-refractivity contribution in [2.24, 2.45) is 0 Å². The standard InChI is InChI=1S/C20H16N2O8S/c23-17(9-11-19(25)26)21-13-1-5-15(6-2-13)31(29,30)16-7-3-14(4-8-16)22-18(24)10-12-20(27)28/h1-12H,(H,21,23)(H,22,24)(H,25,26)(H,27,28)/b11-9-,12-10?. The van der Waals surface area contributed by atoms with E-state index >= 15 is 0 Å². The van der Waals surface area contributed by atoms with Gasteiger partial charge in [-0.15, -0.1) is 0 Å². The van der Waals surface area contributed by atoms with Crippen molar-refractivity contribution >= 4 is 45.0 Å². The van der Waals surface area contributed by atoms with Gasteiger partial charge in [0, 0.05) is 35.7 Å². The van der Waals surface area contributed by atoms with Crippen molar-refractivity contribution in [2.45, 2.75) is 9.79 Å². The largest absolute Gasteiger partial charge is 0.478 e. The van der Waals surface area contributed by atoms with Gasteiger partial charge in [-0.25, -0.2) is 18.0 Å². The molecule has 0 radical (unpaired) electrons. The van der Waals surface area contributed by atoms with E-state index in [0.29, 0.717) is 12.2 Å². The van der Waals surface area contributed by atoms with Crippen LogP contribution in [0.2, 0.25) is 0 Å². The Morgan fingerprint density at radius 1 is 0.613 bits per heavy atom. The van der Waals surface area contributed by atoms with Gasteiger partial charge in [0.15, 0.2) is 0 Å². The molecule has 160 valence electrons. The molecule has 0 heterocycles. The lowest BCUT2D eigenvalue weighted by atomic mass is 10.3. The van der Waals surface area contributed by atoms with Gasteiger partial charge in [-0.1, -0.05) is 0 Å². The van der Waals surface area contributed by atoms with E-state index in [1.807, 2.05) is 0 Å². The SMILES string of the molecule is O=C(O)C=CC(=O)Nc1ccc(S(=O)(=O)c2ccc(NC(=O)/C=C\C(=O)O)cc2)cc1. The fraction of sp³-hybridized carbons (Fsp3) is 0. The van der Waals surface area contributed by atoms with Gasteiger partial charge in [0.1, 0.15) is 0 Å². The number of hydrogen-bond acceptors (Lipinski definition) is 6. The highest BCUT2D eigenvalue weighted by Crippen LogP contribution is 2.23. The Morgan fingerprint density at radius 3 is 1.23 bits per heavy atom. The van der Waals surface area contributed by atoms with E-state index in [9.17, 15) is 27.6 Å². The molecule has 2 aromatic carbocycles. The van der Waals surface area contributed by atoms with Gasteiger partial charge < -0.3 is 20.8 Å². The molecule has 0 aliphatic heterocycles. The Balaban J connectivity index is 2.11. The fourth-order valence-corrected chi connectivity index (χ4v) is 3.49. The number of aliphatic carboxylic acids is 2. The summed E-state index contributed by atoms with van der Waals surface area (Å²) >= 11 is 0. The zero-order valence-corrected chi connectivity index (χ0v) is 16.5. The average molecular weight is 444 g/mol.